The summed E-state index contributed by atoms with van der Waals surface area (Å²) in [4.78, 5) is 11.1. The maximum atomic E-state index is 11.1. The Hall–Kier alpha value is -2.01. The third kappa shape index (κ3) is 3.06. The van der Waals surface area contributed by atoms with Crippen molar-refractivity contribution in [3.8, 4) is 11.5 Å². The number of aromatic carboxylic acids is 1. The lowest BCUT2D eigenvalue weighted by Crippen LogP contribution is -2.01. The fraction of sp³-hybridized carbons (Fsp3) is 0.0714. The lowest BCUT2D eigenvalue weighted by atomic mass is 10.1. The smallest absolute Gasteiger partial charge is 0.339 e. The van der Waals surface area contributed by atoms with Gasteiger partial charge in [0, 0.05) is 16.2 Å². The summed E-state index contributed by atoms with van der Waals surface area (Å²) in [6.07, 6.45) is 0. The van der Waals surface area contributed by atoms with Gasteiger partial charge in [0.1, 0.15) is 17.1 Å². The number of carbonyl (C=O) groups is 1. The third-order valence-corrected chi connectivity index (χ3v) is 3.09. The Morgan fingerprint density at radius 2 is 1.95 bits per heavy atom. The number of rotatable bonds is 3. The van der Waals surface area contributed by atoms with Crippen molar-refractivity contribution in [2.75, 3.05) is 5.73 Å². The van der Waals surface area contributed by atoms with Gasteiger partial charge in [-0.3, -0.25) is 0 Å². The van der Waals surface area contributed by atoms with Gasteiger partial charge in [0.05, 0.1) is 0 Å². The van der Waals surface area contributed by atoms with Gasteiger partial charge in [-0.05, 0) is 42.8 Å². The third-order valence-electron chi connectivity index (χ3n) is 2.59. The molecule has 0 aliphatic carbocycles. The van der Waals surface area contributed by atoms with Crippen molar-refractivity contribution < 1.29 is 14.6 Å². The number of benzene rings is 2. The molecule has 5 heteroatoms. The summed E-state index contributed by atoms with van der Waals surface area (Å²) in [5, 5.41) is 9.12. The Morgan fingerprint density at radius 1 is 1.21 bits per heavy atom. The van der Waals surface area contributed by atoms with Gasteiger partial charge >= 0.3 is 5.97 Å². The maximum Gasteiger partial charge on any atom is 0.339 e. The molecule has 3 N–H and O–H groups in total. The van der Waals surface area contributed by atoms with Crippen LogP contribution in [0.4, 0.5) is 5.69 Å². The van der Waals surface area contributed by atoms with E-state index in [1.165, 1.54) is 18.2 Å². The molecule has 0 radical (unpaired) electrons. The fourth-order valence-corrected chi connectivity index (χ4v) is 2.12. The van der Waals surface area contributed by atoms with Crippen LogP contribution in [-0.2, 0) is 0 Å². The summed E-state index contributed by atoms with van der Waals surface area (Å²) < 4.78 is 6.59. The molecule has 0 amide bonds. The molecule has 2 aromatic rings. The Balaban J connectivity index is 2.42. The van der Waals surface area contributed by atoms with E-state index in [0.29, 0.717) is 11.4 Å². The van der Waals surface area contributed by atoms with Gasteiger partial charge in [0.2, 0.25) is 0 Å². The van der Waals surface area contributed by atoms with Gasteiger partial charge in [-0.15, -0.1) is 0 Å². The first kappa shape index (κ1) is 13.4. The van der Waals surface area contributed by atoms with Crippen LogP contribution in [0.25, 0.3) is 0 Å². The van der Waals surface area contributed by atoms with Gasteiger partial charge in [-0.2, -0.15) is 0 Å². The number of aryl methyl sites for hydroxylation is 1. The summed E-state index contributed by atoms with van der Waals surface area (Å²) in [6.45, 7) is 1.88. The number of nitrogens with two attached hydrogens (primary N) is 1. The molecule has 0 aliphatic rings. The number of hydrogen-bond acceptors (Lipinski definition) is 3. The largest absolute Gasteiger partial charge is 0.478 e. The molecular weight excluding hydrogens is 310 g/mol. The number of carboxylic acids is 1. The van der Waals surface area contributed by atoms with Crippen molar-refractivity contribution in [2.24, 2.45) is 0 Å². The van der Waals surface area contributed by atoms with E-state index in [0.717, 1.165) is 10.0 Å². The molecule has 0 saturated heterocycles. The first-order chi connectivity index (χ1) is 8.97. The molecule has 0 aromatic heterocycles. The topological polar surface area (TPSA) is 72.5 Å². The number of nitrogen functional groups attached to an aromatic ring is 1. The van der Waals surface area contributed by atoms with Gasteiger partial charge in [0.25, 0.3) is 0 Å². The van der Waals surface area contributed by atoms with Gasteiger partial charge in [-0.1, -0.05) is 15.9 Å². The van der Waals surface area contributed by atoms with Crippen molar-refractivity contribution in [1.82, 2.24) is 0 Å². The number of halogens is 1. The van der Waals surface area contributed by atoms with E-state index in [9.17, 15) is 4.79 Å². The summed E-state index contributed by atoms with van der Waals surface area (Å²) in [7, 11) is 0. The van der Waals surface area contributed by atoms with Crippen LogP contribution in [0, 0.1) is 6.92 Å². The highest BCUT2D eigenvalue weighted by atomic mass is 79.9. The molecule has 2 rings (SSSR count). The van der Waals surface area contributed by atoms with Crippen molar-refractivity contribution in [2.45, 2.75) is 6.92 Å². The highest BCUT2D eigenvalue weighted by Gasteiger charge is 2.13. The molecular formula is C14H12BrNO3. The molecule has 0 aliphatic heterocycles. The van der Waals surface area contributed by atoms with Crippen molar-refractivity contribution in [3.63, 3.8) is 0 Å². The van der Waals surface area contributed by atoms with E-state index >= 15 is 0 Å². The zero-order valence-corrected chi connectivity index (χ0v) is 11.8. The number of anilines is 1. The predicted molar refractivity (Wildman–Crippen MR) is 76.8 cm³/mol. The van der Waals surface area contributed by atoms with Crippen LogP contribution in [0.15, 0.2) is 40.9 Å². The van der Waals surface area contributed by atoms with Crippen molar-refractivity contribution >= 4 is 27.6 Å². The second-order valence-electron chi connectivity index (χ2n) is 4.07. The maximum absolute atomic E-state index is 11.1. The second kappa shape index (κ2) is 5.32. The molecule has 0 fully saturated rings. The van der Waals surface area contributed by atoms with Crippen LogP contribution >= 0.6 is 15.9 Å². The van der Waals surface area contributed by atoms with Crippen LogP contribution in [0.1, 0.15) is 15.9 Å². The van der Waals surface area contributed by atoms with E-state index < -0.39 is 5.97 Å². The summed E-state index contributed by atoms with van der Waals surface area (Å²) in [5.41, 5.74) is 7.09. The molecule has 2 aromatic carbocycles. The van der Waals surface area contributed by atoms with Gasteiger partial charge in [0.15, 0.2) is 0 Å². The molecule has 0 saturated carbocycles. The van der Waals surface area contributed by atoms with E-state index in [1.807, 2.05) is 19.1 Å². The first-order valence-electron chi connectivity index (χ1n) is 5.54. The van der Waals surface area contributed by atoms with Crippen LogP contribution in [0.5, 0.6) is 11.5 Å². The van der Waals surface area contributed by atoms with Crippen LogP contribution < -0.4 is 10.5 Å². The highest BCUT2D eigenvalue weighted by Crippen LogP contribution is 2.31. The summed E-state index contributed by atoms with van der Waals surface area (Å²) >= 11 is 3.36. The van der Waals surface area contributed by atoms with Crippen LogP contribution in [-0.4, -0.2) is 11.1 Å². The first-order valence-corrected chi connectivity index (χ1v) is 6.33. The lowest BCUT2D eigenvalue weighted by Gasteiger charge is -2.11. The zero-order valence-electron chi connectivity index (χ0n) is 10.2. The van der Waals surface area contributed by atoms with Gasteiger partial charge in [-0.25, -0.2) is 4.79 Å². The molecule has 4 nitrogen and oxygen atoms in total. The van der Waals surface area contributed by atoms with Crippen molar-refractivity contribution in [1.29, 1.82) is 0 Å². The average molecular weight is 322 g/mol. The molecule has 19 heavy (non-hydrogen) atoms. The minimum absolute atomic E-state index is 0.0801. The molecule has 98 valence electrons. The van der Waals surface area contributed by atoms with E-state index in [4.69, 9.17) is 15.6 Å². The molecule has 0 spiro atoms. The molecule has 0 heterocycles. The number of ether oxygens (including phenoxy) is 1. The SMILES string of the molecule is Cc1cc(Br)ccc1Oc1cc(N)ccc1C(=O)O. The Morgan fingerprint density at radius 3 is 2.58 bits per heavy atom. The highest BCUT2D eigenvalue weighted by molar-refractivity contribution is 9.10. The summed E-state index contributed by atoms with van der Waals surface area (Å²) in [6, 6.07) is 9.96. The average Bonchev–Trinajstić information content (AvgIpc) is 2.32. The standard InChI is InChI=1S/C14H12BrNO3/c1-8-6-9(15)2-5-12(8)19-13-7-10(16)3-4-11(13)14(17)18/h2-7H,16H2,1H3,(H,17,18). The van der Waals surface area contributed by atoms with E-state index in [1.54, 1.807) is 6.07 Å². The van der Waals surface area contributed by atoms with Crippen LogP contribution in [0.3, 0.4) is 0 Å². The number of hydrogen-bond donors (Lipinski definition) is 2. The Kier molecular flexibility index (Phi) is 3.76. The molecule has 0 atom stereocenters. The Labute approximate surface area is 118 Å². The quantitative estimate of drug-likeness (QED) is 0.843. The van der Waals surface area contributed by atoms with Crippen LogP contribution in [0.2, 0.25) is 0 Å². The van der Waals surface area contributed by atoms with E-state index in [2.05, 4.69) is 15.9 Å². The normalized spacial score (nSPS) is 10.2. The summed E-state index contributed by atoms with van der Waals surface area (Å²) in [5.74, 6) is -0.223. The minimum Gasteiger partial charge on any atom is -0.478 e. The Bertz CT molecular complexity index is 641. The number of carboxylic acid groups (broad SMARTS) is 1. The predicted octanol–water partition coefficient (Wildman–Crippen LogP) is 3.83. The van der Waals surface area contributed by atoms with Gasteiger partial charge < -0.3 is 15.6 Å². The zero-order chi connectivity index (χ0) is 14.0. The van der Waals surface area contributed by atoms with E-state index in [-0.39, 0.29) is 11.3 Å². The minimum atomic E-state index is -1.05. The fourth-order valence-electron chi connectivity index (χ4n) is 1.65. The molecule has 0 bridgehead atoms. The van der Waals surface area contributed by atoms with Crippen molar-refractivity contribution in [3.05, 3.63) is 52.0 Å². The second-order valence-corrected chi connectivity index (χ2v) is 4.99. The monoisotopic (exact) mass is 321 g/mol. The molecule has 0 unspecified atom stereocenters. The lowest BCUT2D eigenvalue weighted by molar-refractivity contribution is 0.0694.